The summed E-state index contributed by atoms with van der Waals surface area (Å²) >= 11 is 0. The van der Waals surface area contributed by atoms with Gasteiger partial charge in [0, 0.05) is 18.4 Å². The fraction of sp³-hybridized carbons (Fsp3) is 0.348. The topological polar surface area (TPSA) is 126 Å². The third-order valence-electron chi connectivity index (χ3n) is 5.48. The minimum atomic E-state index is -1.08. The summed E-state index contributed by atoms with van der Waals surface area (Å²) in [5.74, 6) is -2.89. The van der Waals surface area contributed by atoms with E-state index in [0.29, 0.717) is 17.8 Å². The third kappa shape index (κ3) is 4.94. The number of hydrogen-bond donors (Lipinski definition) is 1. The molecule has 0 amide bonds. The van der Waals surface area contributed by atoms with Gasteiger partial charge < -0.3 is 29.5 Å². The standard InChI is InChI=1S/C23H26N4O6/c1-14-17(22(28)32-4)19(20-21(27(30)31)24-13-26(20)3)18(15(2)25-14)23(29)33-12-8-11-16-9-6-5-7-10-16/h5-7,9-10,13,19,25H,8,11-12H2,1-4H3. The molecule has 33 heavy (non-hydrogen) atoms. The molecule has 0 saturated carbocycles. The van der Waals surface area contributed by atoms with Gasteiger partial charge in [-0.3, -0.25) is 0 Å². The number of aromatic nitrogens is 2. The van der Waals surface area contributed by atoms with E-state index in [9.17, 15) is 19.7 Å². The zero-order valence-corrected chi connectivity index (χ0v) is 19.0. The van der Waals surface area contributed by atoms with Gasteiger partial charge in [-0.1, -0.05) is 30.3 Å². The Morgan fingerprint density at radius 1 is 1.15 bits per heavy atom. The van der Waals surface area contributed by atoms with E-state index >= 15 is 0 Å². The molecule has 2 aromatic rings. The van der Waals surface area contributed by atoms with Crippen LogP contribution in [0.15, 0.2) is 59.2 Å². The molecule has 10 nitrogen and oxygen atoms in total. The number of hydrogen-bond acceptors (Lipinski definition) is 8. The van der Waals surface area contributed by atoms with Crippen LogP contribution < -0.4 is 5.32 Å². The lowest BCUT2D eigenvalue weighted by Crippen LogP contribution is -2.33. The van der Waals surface area contributed by atoms with Gasteiger partial charge in [0.2, 0.25) is 6.33 Å². The number of nitro groups is 1. The van der Waals surface area contributed by atoms with E-state index in [1.54, 1.807) is 20.9 Å². The van der Waals surface area contributed by atoms with E-state index in [0.717, 1.165) is 12.0 Å². The predicted octanol–water partition coefficient (Wildman–Crippen LogP) is 2.91. The maximum atomic E-state index is 13.2. The van der Waals surface area contributed by atoms with Crippen LogP contribution in [-0.4, -0.2) is 40.1 Å². The number of methoxy groups -OCH3 is 1. The molecular formula is C23H26N4O6. The van der Waals surface area contributed by atoms with Gasteiger partial charge in [0.25, 0.3) is 0 Å². The normalized spacial score (nSPS) is 15.8. The minimum absolute atomic E-state index is 0.0889. The second-order valence-electron chi connectivity index (χ2n) is 7.67. The van der Waals surface area contributed by atoms with E-state index in [2.05, 4.69) is 10.3 Å². The molecule has 1 atom stereocenters. The molecule has 0 aliphatic carbocycles. The average Bonchev–Trinajstić information content (AvgIpc) is 3.17. The molecule has 0 spiro atoms. The van der Waals surface area contributed by atoms with Gasteiger partial charge >= 0.3 is 17.8 Å². The van der Waals surface area contributed by atoms with Gasteiger partial charge in [-0.25, -0.2) is 9.59 Å². The zero-order valence-electron chi connectivity index (χ0n) is 19.0. The van der Waals surface area contributed by atoms with Crippen LogP contribution in [0, 0.1) is 10.1 Å². The summed E-state index contributed by atoms with van der Waals surface area (Å²) in [7, 11) is 2.78. The largest absolute Gasteiger partial charge is 0.466 e. The predicted molar refractivity (Wildman–Crippen MR) is 119 cm³/mol. The monoisotopic (exact) mass is 454 g/mol. The second kappa shape index (κ2) is 10.1. The van der Waals surface area contributed by atoms with Crippen molar-refractivity contribution in [2.45, 2.75) is 32.6 Å². The van der Waals surface area contributed by atoms with Crippen molar-refractivity contribution in [3.63, 3.8) is 0 Å². The quantitative estimate of drug-likeness (QED) is 0.279. The number of nitrogens with zero attached hydrogens (tertiary/aromatic N) is 3. The lowest BCUT2D eigenvalue weighted by atomic mass is 9.82. The first-order valence-electron chi connectivity index (χ1n) is 10.4. The Hall–Kier alpha value is -3.95. The van der Waals surface area contributed by atoms with E-state index in [1.165, 1.54) is 18.0 Å². The molecule has 0 fully saturated rings. The van der Waals surface area contributed by atoms with Crippen LogP contribution in [0.1, 0.15) is 37.4 Å². The number of rotatable bonds is 8. The number of dihydropyridines is 1. The maximum absolute atomic E-state index is 13.2. The van der Waals surface area contributed by atoms with Crippen molar-refractivity contribution >= 4 is 17.8 Å². The number of carbonyl (C=O) groups excluding carboxylic acids is 2. The molecule has 0 saturated heterocycles. The molecule has 1 aromatic carbocycles. The minimum Gasteiger partial charge on any atom is -0.466 e. The molecule has 174 valence electrons. The highest BCUT2D eigenvalue weighted by atomic mass is 16.6. The lowest BCUT2D eigenvalue weighted by molar-refractivity contribution is -0.390. The van der Waals surface area contributed by atoms with Crippen molar-refractivity contribution < 1.29 is 24.0 Å². The number of carbonyl (C=O) groups is 2. The van der Waals surface area contributed by atoms with Gasteiger partial charge in [0.15, 0.2) is 0 Å². The van der Waals surface area contributed by atoms with Crippen molar-refractivity contribution in [3.05, 3.63) is 80.6 Å². The Bertz CT molecular complexity index is 1130. The van der Waals surface area contributed by atoms with E-state index in [-0.39, 0.29) is 23.4 Å². The fourth-order valence-electron chi connectivity index (χ4n) is 3.98. The number of imidazole rings is 1. The van der Waals surface area contributed by atoms with Crippen molar-refractivity contribution in [1.82, 2.24) is 14.9 Å². The van der Waals surface area contributed by atoms with Crippen LogP contribution in [0.2, 0.25) is 0 Å². The first-order chi connectivity index (χ1) is 15.8. The fourth-order valence-corrected chi connectivity index (χ4v) is 3.98. The van der Waals surface area contributed by atoms with Gasteiger partial charge in [0.1, 0.15) is 5.69 Å². The average molecular weight is 454 g/mol. The molecule has 1 aromatic heterocycles. The number of aryl methyl sites for hydroxylation is 2. The SMILES string of the molecule is COC(=O)C1=C(C)NC(C)=C(C(=O)OCCCc2ccccc2)C1c1c([N+](=O)[O-])ncn1C. The Morgan fingerprint density at radius 2 is 1.79 bits per heavy atom. The summed E-state index contributed by atoms with van der Waals surface area (Å²) in [6.07, 6.45) is 2.61. The Kier molecular flexibility index (Phi) is 7.27. The van der Waals surface area contributed by atoms with Gasteiger partial charge in [-0.2, -0.15) is 0 Å². The Balaban J connectivity index is 1.93. The Morgan fingerprint density at radius 3 is 2.39 bits per heavy atom. The summed E-state index contributed by atoms with van der Waals surface area (Å²) in [5, 5.41) is 14.7. The van der Waals surface area contributed by atoms with Crippen molar-refractivity contribution in [2.75, 3.05) is 13.7 Å². The first-order valence-corrected chi connectivity index (χ1v) is 10.4. The molecule has 1 N–H and O–H groups in total. The number of benzene rings is 1. The van der Waals surface area contributed by atoms with Crippen LogP contribution in [0.4, 0.5) is 5.82 Å². The van der Waals surface area contributed by atoms with Crippen molar-refractivity contribution in [1.29, 1.82) is 0 Å². The number of nitrogens with one attached hydrogen (secondary N) is 1. The molecule has 0 radical (unpaired) electrons. The van der Waals surface area contributed by atoms with Crippen LogP contribution >= 0.6 is 0 Å². The highest BCUT2D eigenvalue weighted by Crippen LogP contribution is 2.42. The van der Waals surface area contributed by atoms with Crippen molar-refractivity contribution in [2.24, 2.45) is 7.05 Å². The smallest absolute Gasteiger partial charge is 0.385 e. The molecular weight excluding hydrogens is 428 g/mol. The number of ether oxygens (including phenoxy) is 2. The highest BCUT2D eigenvalue weighted by Gasteiger charge is 2.43. The molecule has 3 rings (SSSR count). The lowest BCUT2D eigenvalue weighted by Gasteiger charge is -2.29. The molecule has 2 heterocycles. The molecule has 1 unspecified atom stereocenters. The van der Waals surface area contributed by atoms with Crippen molar-refractivity contribution in [3.8, 4) is 0 Å². The summed E-state index contributed by atoms with van der Waals surface area (Å²) < 4.78 is 11.9. The van der Waals surface area contributed by atoms with Gasteiger partial charge in [-0.15, -0.1) is 0 Å². The number of esters is 2. The van der Waals surface area contributed by atoms with Crippen LogP contribution in [-0.2, 0) is 32.5 Å². The van der Waals surface area contributed by atoms with Crippen LogP contribution in [0.3, 0.4) is 0 Å². The molecule has 1 aliphatic rings. The first kappa shape index (κ1) is 23.7. The molecule has 0 bridgehead atoms. The summed E-state index contributed by atoms with van der Waals surface area (Å²) in [5.41, 5.74) is 2.28. The maximum Gasteiger partial charge on any atom is 0.385 e. The molecule has 10 heteroatoms. The molecule has 1 aliphatic heterocycles. The van der Waals surface area contributed by atoms with E-state index in [1.807, 2.05) is 30.3 Å². The van der Waals surface area contributed by atoms with Crippen LogP contribution in [0.25, 0.3) is 0 Å². The van der Waals surface area contributed by atoms with Gasteiger partial charge in [-0.05, 0) is 42.2 Å². The van der Waals surface area contributed by atoms with Crippen LogP contribution in [0.5, 0.6) is 0 Å². The van der Waals surface area contributed by atoms with Gasteiger partial charge in [0.05, 0.1) is 30.8 Å². The zero-order chi connectivity index (χ0) is 24.1. The Labute approximate surface area is 191 Å². The second-order valence-corrected chi connectivity index (χ2v) is 7.67. The summed E-state index contributed by atoms with van der Waals surface area (Å²) in [4.78, 5) is 40.7. The van der Waals surface area contributed by atoms with E-state index < -0.39 is 28.6 Å². The summed E-state index contributed by atoms with van der Waals surface area (Å²) in [6.45, 7) is 3.46. The third-order valence-corrected chi connectivity index (χ3v) is 5.48. The summed E-state index contributed by atoms with van der Waals surface area (Å²) in [6, 6.07) is 9.80. The number of allylic oxidation sites excluding steroid dienone is 2. The highest BCUT2D eigenvalue weighted by molar-refractivity contribution is 6.00. The van der Waals surface area contributed by atoms with E-state index in [4.69, 9.17) is 9.47 Å².